The van der Waals surface area contributed by atoms with Crippen LogP contribution in [0.15, 0.2) is 35.1 Å². The van der Waals surface area contributed by atoms with E-state index in [0.29, 0.717) is 5.88 Å². The topological polar surface area (TPSA) is 35.0 Å². The molecule has 1 aromatic carbocycles. The van der Waals surface area contributed by atoms with Crippen molar-refractivity contribution in [1.29, 1.82) is 0 Å². The number of aromatic nitrogens is 2. The molecule has 1 aromatic heterocycles. The molecule has 3 nitrogen and oxygen atoms in total. The molecular weight excluding hydrogens is 256 g/mol. The molecule has 4 heteroatoms. The zero-order valence-corrected chi connectivity index (χ0v) is 9.65. The molecule has 0 bridgehead atoms. The van der Waals surface area contributed by atoms with Gasteiger partial charge in [0, 0.05) is 22.4 Å². The summed E-state index contributed by atoms with van der Waals surface area (Å²) in [4.78, 5) is 8.33. The molecule has 0 N–H and O–H groups in total. The monoisotopic (exact) mass is 263 g/mol. The van der Waals surface area contributed by atoms with Crippen LogP contribution in [-0.4, -0.2) is 17.1 Å². The van der Waals surface area contributed by atoms with Gasteiger partial charge in [0.1, 0.15) is 5.69 Å². The van der Waals surface area contributed by atoms with Gasteiger partial charge in [-0.05, 0) is 12.1 Å². The third-order valence-electron chi connectivity index (χ3n) is 1.90. The van der Waals surface area contributed by atoms with Gasteiger partial charge in [0.05, 0.1) is 7.11 Å². The summed E-state index contributed by atoms with van der Waals surface area (Å²) in [6.45, 7) is 0. The number of methoxy groups -OCH3 is 1. The fourth-order valence-electron chi connectivity index (χ4n) is 1.26. The summed E-state index contributed by atoms with van der Waals surface area (Å²) in [7, 11) is 1.58. The highest BCUT2D eigenvalue weighted by Gasteiger charge is 2.07. The Labute approximate surface area is 96.3 Å². The van der Waals surface area contributed by atoms with Gasteiger partial charge in [-0.3, -0.25) is 0 Å². The summed E-state index contributed by atoms with van der Waals surface area (Å²) < 4.78 is 6.02. The standard InChI is InChI=1S/C11H8BrN2O/c1-15-11-10(13-5-6-14-11)8-3-2-4-9(12)7-8/h2-3,5-7H,1H3. The molecule has 0 fully saturated rings. The van der Waals surface area contributed by atoms with Crippen LogP contribution in [0.2, 0.25) is 0 Å². The molecule has 0 saturated carbocycles. The van der Waals surface area contributed by atoms with E-state index in [2.05, 4.69) is 32.0 Å². The van der Waals surface area contributed by atoms with Gasteiger partial charge < -0.3 is 4.74 Å². The first-order valence-corrected chi connectivity index (χ1v) is 5.13. The van der Waals surface area contributed by atoms with Gasteiger partial charge in [0.2, 0.25) is 5.88 Å². The maximum Gasteiger partial charge on any atom is 0.240 e. The first-order chi connectivity index (χ1) is 7.31. The molecule has 0 amide bonds. The van der Waals surface area contributed by atoms with Gasteiger partial charge in [-0.25, -0.2) is 9.97 Å². The molecule has 0 saturated heterocycles. The molecule has 2 rings (SSSR count). The average molecular weight is 264 g/mol. The lowest BCUT2D eigenvalue weighted by Gasteiger charge is -2.05. The van der Waals surface area contributed by atoms with E-state index in [-0.39, 0.29) is 0 Å². The zero-order valence-electron chi connectivity index (χ0n) is 8.07. The average Bonchev–Trinajstić information content (AvgIpc) is 2.29. The van der Waals surface area contributed by atoms with E-state index in [4.69, 9.17) is 4.74 Å². The molecule has 2 aromatic rings. The first-order valence-electron chi connectivity index (χ1n) is 4.34. The normalized spacial score (nSPS) is 10.0. The Hall–Kier alpha value is -1.42. The van der Waals surface area contributed by atoms with Crippen molar-refractivity contribution in [3.8, 4) is 17.1 Å². The minimum Gasteiger partial charge on any atom is -0.479 e. The van der Waals surface area contributed by atoms with Crippen LogP contribution >= 0.6 is 15.9 Å². The van der Waals surface area contributed by atoms with Gasteiger partial charge >= 0.3 is 0 Å². The molecule has 15 heavy (non-hydrogen) atoms. The van der Waals surface area contributed by atoms with Crippen LogP contribution in [0.5, 0.6) is 5.88 Å². The van der Waals surface area contributed by atoms with Gasteiger partial charge in [0.25, 0.3) is 0 Å². The maximum absolute atomic E-state index is 5.14. The van der Waals surface area contributed by atoms with E-state index in [1.54, 1.807) is 19.5 Å². The summed E-state index contributed by atoms with van der Waals surface area (Å²) in [6, 6.07) is 8.67. The van der Waals surface area contributed by atoms with Crippen molar-refractivity contribution in [3.05, 3.63) is 41.1 Å². The van der Waals surface area contributed by atoms with Crippen LogP contribution in [0.25, 0.3) is 11.3 Å². The Bertz CT molecular complexity index is 474. The zero-order chi connectivity index (χ0) is 10.7. The first kappa shape index (κ1) is 10.1. The quantitative estimate of drug-likeness (QED) is 0.836. The van der Waals surface area contributed by atoms with E-state index in [1.807, 2.05) is 18.2 Å². The Morgan fingerprint density at radius 3 is 2.87 bits per heavy atom. The summed E-state index contributed by atoms with van der Waals surface area (Å²) in [5, 5.41) is 0. The highest BCUT2D eigenvalue weighted by Crippen LogP contribution is 2.26. The third-order valence-corrected chi connectivity index (χ3v) is 2.36. The number of hydrogen-bond acceptors (Lipinski definition) is 3. The van der Waals surface area contributed by atoms with Crippen molar-refractivity contribution in [1.82, 2.24) is 9.97 Å². The molecule has 0 aliphatic carbocycles. The highest BCUT2D eigenvalue weighted by atomic mass is 79.9. The molecule has 75 valence electrons. The smallest absolute Gasteiger partial charge is 0.240 e. The molecule has 0 unspecified atom stereocenters. The van der Waals surface area contributed by atoms with Crippen molar-refractivity contribution in [2.24, 2.45) is 0 Å². The van der Waals surface area contributed by atoms with Crippen molar-refractivity contribution in [2.45, 2.75) is 0 Å². The van der Waals surface area contributed by atoms with E-state index in [1.165, 1.54) is 0 Å². The van der Waals surface area contributed by atoms with E-state index < -0.39 is 0 Å². The van der Waals surface area contributed by atoms with E-state index in [0.717, 1.165) is 15.7 Å². The molecular formula is C11H8BrN2O. The van der Waals surface area contributed by atoms with Gasteiger partial charge in [-0.2, -0.15) is 0 Å². The minimum absolute atomic E-state index is 0.524. The second-order valence-corrected chi connectivity index (χ2v) is 3.69. The van der Waals surface area contributed by atoms with Crippen LogP contribution < -0.4 is 4.74 Å². The lowest BCUT2D eigenvalue weighted by molar-refractivity contribution is 0.398. The summed E-state index contributed by atoms with van der Waals surface area (Å²) >= 11 is 3.36. The number of nitrogens with zero attached hydrogens (tertiary/aromatic N) is 2. The number of rotatable bonds is 2. The van der Waals surface area contributed by atoms with E-state index >= 15 is 0 Å². The number of ether oxygens (including phenoxy) is 1. The Morgan fingerprint density at radius 2 is 2.13 bits per heavy atom. The van der Waals surface area contributed by atoms with Gasteiger partial charge in [-0.1, -0.05) is 28.1 Å². The number of benzene rings is 1. The fourth-order valence-corrected chi connectivity index (χ4v) is 1.64. The van der Waals surface area contributed by atoms with Crippen LogP contribution in [0.1, 0.15) is 0 Å². The largest absolute Gasteiger partial charge is 0.479 e. The predicted molar refractivity (Wildman–Crippen MR) is 60.6 cm³/mol. The predicted octanol–water partition coefficient (Wildman–Crippen LogP) is 2.71. The molecule has 1 heterocycles. The number of halogens is 1. The van der Waals surface area contributed by atoms with Gasteiger partial charge in [-0.15, -0.1) is 0 Å². The Morgan fingerprint density at radius 1 is 1.33 bits per heavy atom. The summed E-state index contributed by atoms with van der Waals surface area (Å²) in [5.74, 6) is 0.524. The minimum atomic E-state index is 0.524. The maximum atomic E-state index is 5.14. The highest BCUT2D eigenvalue weighted by molar-refractivity contribution is 9.10. The van der Waals surface area contributed by atoms with Crippen molar-refractivity contribution < 1.29 is 4.74 Å². The molecule has 0 aliphatic rings. The second kappa shape index (κ2) is 4.40. The lowest BCUT2D eigenvalue weighted by atomic mass is 10.1. The van der Waals surface area contributed by atoms with Crippen molar-refractivity contribution in [2.75, 3.05) is 7.11 Å². The number of hydrogen-bond donors (Lipinski definition) is 0. The third kappa shape index (κ3) is 2.15. The lowest BCUT2D eigenvalue weighted by Crippen LogP contribution is -1.93. The second-order valence-electron chi connectivity index (χ2n) is 2.84. The fraction of sp³-hybridized carbons (Fsp3) is 0.0909. The Balaban J connectivity index is 2.53. The summed E-state index contributed by atoms with van der Waals surface area (Å²) in [6.07, 6.45) is 3.24. The molecule has 0 atom stereocenters. The van der Waals surface area contributed by atoms with E-state index in [9.17, 15) is 0 Å². The van der Waals surface area contributed by atoms with Crippen LogP contribution in [-0.2, 0) is 0 Å². The van der Waals surface area contributed by atoms with Crippen LogP contribution in [0.3, 0.4) is 0 Å². The molecule has 1 radical (unpaired) electrons. The van der Waals surface area contributed by atoms with Gasteiger partial charge in [0.15, 0.2) is 0 Å². The van der Waals surface area contributed by atoms with Crippen molar-refractivity contribution >= 4 is 15.9 Å². The van der Waals surface area contributed by atoms with Crippen molar-refractivity contribution in [3.63, 3.8) is 0 Å². The van der Waals surface area contributed by atoms with Crippen LogP contribution in [0, 0.1) is 6.07 Å². The summed E-state index contributed by atoms with van der Waals surface area (Å²) in [5.41, 5.74) is 1.68. The SMILES string of the molecule is COc1nccnc1-c1cc[c]c(Br)c1. The Kier molecular flexibility index (Phi) is 2.97. The molecule has 0 aliphatic heterocycles. The van der Waals surface area contributed by atoms with Crippen LogP contribution in [0.4, 0.5) is 0 Å². The molecule has 0 spiro atoms.